The molecule has 1 aromatic carbocycles. The van der Waals surface area contributed by atoms with Crippen LogP contribution in [0.3, 0.4) is 0 Å². The van der Waals surface area contributed by atoms with Crippen molar-refractivity contribution in [2.24, 2.45) is 0 Å². The van der Waals surface area contributed by atoms with Crippen molar-refractivity contribution in [1.82, 2.24) is 24.4 Å². The average molecular weight is 574 g/mol. The second-order valence-electron chi connectivity index (χ2n) is 9.60. The van der Waals surface area contributed by atoms with E-state index < -0.39 is 12.1 Å². The summed E-state index contributed by atoms with van der Waals surface area (Å²) in [7, 11) is 0. The predicted molar refractivity (Wildman–Crippen MR) is 144 cm³/mol. The highest BCUT2D eigenvalue weighted by Gasteiger charge is 2.38. The van der Waals surface area contributed by atoms with Gasteiger partial charge in [-0.2, -0.15) is 13.2 Å². The lowest BCUT2D eigenvalue weighted by atomic mass is 9.92. The number of piperidine rings is 1. The van der Waals surface area contributed by atoms with Gasteiger partial charge in [-0.15, -0.1) is 0 Å². The number of alkyl halides is 3. The molecule has 0 saturated carbocycles. The van der Waals surface area contributed by atoms with Gasteiger partial charge in [-0.3, -0.25) is 14.8 Å². The molecule has 4 aromatic rings. The summed E-state index contributed by atoms with van der Waals surface area (Å²) in [6, 6.07) is 13.7. The zero-order chi connectivity index (χ0) is 29.0. The van der Waals surface area contributed by atoms with Gasteiger partial charge in [0.05, 0.1) is 28.1 Å². The summed E-state index contributed by atoms with van der Waals surface area (Å²) in [5.41, 5.74) is 5.43. The number of rotatable bonds is 4. The van der Waals surface area contributed by atoms with Crippen LogP contribution in [0.1, 0.15) is 54.7 Å². The predicted octanol–water partition coefficient (Wildman–Crippen LogP) is 6.38. The van der Waals surface area contributed by atoms with Crippen LogP contribution < -0.4 is 0 Å². The SMILES string of the molecule is CC(C)n1cnc2c(-c3cccnc3)nc(C3CCN(C(=O)c4ccccc4Cl)CC3)cc21.O=C(O)C(F)(F)F. The first-order valence-electron chi connectivity index (χ1n) is 12.6. The van der Waals surface area contributed by atoms with E-state index in [2.05, 4.69) is 34.4 Å². The number of pyridine rings is 2. The third-order valence-corrected chi connectivity index (χ3v) is 6.95. The molecule has 210 valence electrons. The molecule has 1 saturated heterocycles. The van der Waals surface area contributed by atoms with E-state index in [4.69, 9.17) is 26.5 Å². The molecule has 1 N–H and O–H groups in total. The van der Waals surface area contributed by atoms with Crippen LogP contribution in [-0.2, 0) is 4.79 Å². The fourth-order valence-corrected chi connectivity index (χ4v) is 4.77. The summed E-state index contributed by atoms with van der Waals surface area (Å²) in [5.74, 6) is -2.49. The minimum atomic E-state index is -5.08. The van der Waals surface area contributed by atoms with Crippen molar-refractivity contribution >= 4 is 34.5 Å². The Morgan fingerprint density at radius 3 is 2.35 bits per heavy atom. The van der Waals surface area contributed by atoms with E-state index in [0.717, 1.165) is 40.8 Å². The van der Waals surface area contributed by atoms with Crippen molar-refractivity contribution in [3.8, 4) is 11.3 Å². The Morgan fingerprint density at radius 2 is 1.77 bits per heavy atom. The van der Waals surface area contributed by atoms with Gasteiger partial charge < -0.3 is 14.6 Å². The van der Waals surface area contributed by atoms with Gasteiger partial charge in [-0.05, 0) is 57.0 Å². The monoisotopic (exact) mass is 573 g/mol. The van der Waals surface area contributed by atoms with Crippen LogP contribution in [0.2, 0.25) is 5.02 Å². The number of imidazole rings is 1. The minimum Gasteiger partial charge on any atom is -0.475 e. The van der Waals surface area contributed by atoms with Gasteiger partial charge in [-0.1, -0.05) is 23.7 Å². The van der Waals surface area contributed by atoms with E-state index in [-0.39, 0.29) is 11.8 Å². The molecule has 40 heavy (non-hydrogen) atoms. The first kappa shape index (κ1) is 29.0. The molecule has 12 heteroatoms. The highest BCUT2D eigenvalue weighted by molar-refractivity contribution is 6.33. The fraction of sp³-hybridized carbons (Fsp3) is 0.321. The highest BCUT2D eigenvalue weighted by Crippen LogP contribution is 2.34. The van der Waals surface area contributed by atoms with Crippen LogP contribution in [0.4, 0.5) is 13.2 Å². The summed E-state index contributed by atoms with van der Waals surface area (Å²) in [5, 5.41) is 7.62. The first-order chi connectivity index (χ1) is 19.0. The lowest BCUT2D eigenvalue weighted by Gasteiger charge is -2.32. The van der Waals surface area contributed by atoms with Crippen LogP contribution in [0, 0.1) is 0 Å². The summed E-state index contributed by atoms with van der Waals surface area (Å²) in [6.45, 7) is 5.67. The maximum atomic E-state index is 13.0. The van der Waals surface area contributed by atoms with Gasteiger partial charge in [0, 0.05) is 48.7 Å². The lowest BCUT2D eigenvalue weighted by molar-refractivity contribution is -0.192. The number of aliphatic carboxylic acids is 1. The topological polar surface area (TPSA) is 101 Å². The number of hydrogen-bond acceptors (Lipinski definition) is 5. The normalized spacial score (nSPS) is 14.2. The van der Waals surface area contributed by atoms with E-state index in [1.165, 1.54) is 0 Å². The molecule has 1 amide bonds. The van der Waals surface area contributed by atoms with Crippen molar-refractivity contribution in [3.05, 3.63) is 77.5 Å². The average Bonchev–Trinajstić information content (AvgIpc) is 3.37. The molecule has 1 fully saturated rings. The first-order valence-corrected chi connectivity index (χ1v) is 13.0. The van der Waals surface area contributed by atoms with Crippen molar-refractivity contribution in [3.63, 3.8) is 0 Å². The van der Waals surface area contributed by atoms with Crippen molar-refractivity contribution in [1.29, 1.82) is 0 Å². The van der Waals surface area contributed by atoms with Crippen molar-refractivity contribution in [2.45, 2.75) is 44.8 Å². The molecule has 1 aliphatic rings. The van der Waals surface area contributed by atoms with Crippen molar-refractivity contribution < 1.29 is 27.9 Å². The summed E-state index contributed by atoms with van der Waals surface area (Å²) < 4.78 is 33.9. The van der Waals surface area contributed by atoms with Crippen LogP contribution in [0.25, 0.3) is 22.3 Å². The maximum Gasteiger partial charge on any atom is 0.490 e. The van der Waals surface area contributed by atoms with E-state index in [1.54, 1.807) is 18.3 Å². The molecule has 0 bridgehead atoms. The number of aromatic nitrogens is 4. The van der Waals surface area contributed by atoms with E-state index >= 15 is 0 Å². The third-order valence-electron chi connectivity index (χ3n) is 6.62. The number of carboxylic acids is 1. The number of carbonyl (C=O) groups is 2. The summed E-state index contributed by atoms with van der Waals surface area (Å²) >= 11 is 6.25. The van der Waals surface area contributed by atoms with Crippen LogP contribution in [-0.4, -0.2) is 60.7 Å². The molecule has 8 nitrogen and oxygen atoms in total. The number of fused-ring (bicyclic) bond motifs is 1. The van der Waals surface area contributed by atoms with E-state index in [1.807, 2.05) is 41.7 Å². The Morgan fingerprint density at radius 1 is 1.10 bits per heavy atom. The third kappa shape index (κ3) is 6.41. The van der Waals surface area contributed by atoms with E-state index in [9.17, 15) is 18.0 Å². The number of halogens is 4. The van der Waals surface area contributed by atoms with Gasteiger partial charge in [-0.25, -0.2) is 9.78 Å². The zero-order valence-electron chi connectivity index (χ0n) is 21.8. The van der Waals surface area contributed by atoms with Gasteiger partial charge in [0.1, 0.15) is 5.52 Å². The largest absolute Gasteiger partial charge is 0.490 e. The summed E-state index contributed by atoms with van der Waals surface area (Å²) in [4.78, 5) is 37.8. The lowest BCUT2D eigenvalue weighted by Crippen LogP contribution is -2.38. The Bertz CT molecular complexity index is 1500. The summed E-state index contributed by atoms with van der Waals surface area (Å²) in [6.07, 6.45) is 2.13. The van der Waals surface area contributed by atoms with Gasteiger partial charge in [0.25, 0.3) is 5.91 Å². The molecular weight excluding hydrogens is 547 g/mol. The van der Waals surface area contributed by atoms with Crippen LogP contribution in [0.5, 0.6) is 0 Å². The van der Waals surface area contributed by atoms with E-state index in [0.29, 0.717) is 29.7 Å². The van der Waals surface area contributed by atoms with Gasteiger partial charge in [0.15, 0.2) is 0 Å². The van der Waals surface area contributed by atoms with Crippen molar-refractivity contribution in [2.75, 3.05) is 13.1 Å². The molecular formula is C28H27ClF3N5O3. The van der Waals surface area contributed by atoms with Gasteiger partial charge >= 0.3 is 12.1 Å². The molecule has 5 rings (SSSR count). The molecule has 0 unspecified atom stereocenters. The quantitative estimate of drug-likeness (QED) is 0.304. The molecule has 0 aliphatic carbocycles. The minimum absolute atomic E-state index is 0.00334. The van der Waals surface area contributed by atoms with Crippen LogP contribution >= 0.6 is 11.6 Å². The Kier molecular flexibility index (Phi) is 8.73. The molecule has 0 atom stereocenters. The number of hydrogen-bond donors (Lipinski definition) is 1. The maximum absolute atomic E-state index is 13.0. The second kappa shape index (κ2) is 12.0. The molecule has 1 aliphatic heterocycles. The molecule has 3 aromatic heterocycles. The molecule has 0 spiro atoms. The number of nitrogens with zero attached hydrogens (tertiary/aromatic N) is 5. The number of carboxylic acid groups (broad SMARTS) is 1. The number of benzene rings is 1. The Labute approximate surface area is 233 Å². The standard InChI is InChI=1S/C26H26ClN5O.C2HF3O2/c1-17(2)32-16-29-25-23(32)14-22(30-24(25)19-6-5-11-28-15-19)18-9-12-31(13-10-18)26(33)20-7-3-4-8-21(20)27;3-2(4,5)1(6)7/h3-8,11,14-18H,9-10,12-13H2,1-2H3;(H,6,7). The smallest absolute Gasteiger partial charge is 0.475 e. The molecule has 4 heterocycles. The number of likely N-dealkylation sites (tertiary alicyclic amines) is 1. The zero-order valence-corrected chi connectivity index (χ0v) is 22.5. The second-order valence-corrected chi connectivity index (χ2v) is 10.0. The highest BCUT2D eigenvalue weighted by atomic mass is 35.5. The Balaban J connectivity index is 0.000000470. The Hall–Kier alpha value is -3.99. The number of amides is 1. The fourth-order valence-electron chi connectivity index (χ4n) is 4.56. The van der Waals surface area contributed by atoms with Gasteiger partial charge in [0.2, 0.25) is 0 Å². The molecule has 0 radical (unpaired) electrons. The number of carbonyl (C=O) groups excluding carboxylic acids is 1. The van der Waals surface area contributed by atoms with Crippen LogP contribution in [0.15, 0.2) is 61.2 Å².